The summed E-state index contributed by atoms with van der Waals surface area (Å²) in [4.78, 5) is 11.2. The third kappa shape index (κ3) is 2.99. The highest BCUT2D eigenvalue weighted by Crippen LogP contribution is 2.08. The van der Waals surface area contributed by atoms with E-state index in [4.69, 9.17) is 5.73 Å². The number of nitrogens with two attached hydrogens (primary N) is 1. The molecule has 0 aliphatic carbocycles. The fourth-order valence-electron chi connectivity index (χ4n) is 1.28. The molecule has 1 aromatic carbocycles. The Hall–Kier alpha value is -1.15. The van der Waals surface area contributed by atoms with E-state index in [1.54, 1.807) is 0 Å². The molecule has 2 heteroatoms. The lowest BCUT2D eigenvalue weighted by atomic mass is 9.97. The first kappa shape index (κ1) is 9.93. The number of ketones is 1. The molecule has 0 saturated heterocycles. The van der Waals surface area contributed by atoms with Crippen LogP contribution >= 0.6 is 0 Å². The molecule has 0 aliphatic heterocycles. The van der Waals surface area contributed by atoms with Crippen molar-refractivity contribution in [3.63, 3.8) is 0 Å². The maximum Gasteiger partial charge on any atom is 0.149 e. The Bertz CT molecular complexity index is 269. The van der Waals surface area contributed by atoms with E-state index in [9.17, 15) is 4.79 Å². The Labute approximate surface area is 78.8 Å². The van der Waals surface area contributed by atoms with Crippen molar-refractivity contribution >= 4 is 5.78 Å². The fraction of sp³-hybridized carbons (Fsp3) is 0.364. The Morgan fingerprint density at radius 3 is 2.54 bits per heavy atom. The van der Waals surface area contributed by atoms with Crippen LogP contribution in [0.4, 0.5) is 0 Å². The summed E-state index contributed by atoms with van der Waals surface area (Å²) >= 11 is 0. The van der Waals surface area contributed by atoms with Crippen LogP contribution in [0.15, 0.2) is 30.3 Å². The second-order valence-corrected chi connectivity index (χ2v) is 3.26. The van der Waals surface area contributed by atoms with E-state index in [0.29, 0.717) is 0 Å². The normalized spacial score (nSPS) is 12.5. The third-order valence-electron chi connectivity index (χ3n) is 2.14. The minimum absolute atomic E-state index is 0.0346. The van der Waals surface area contributed by atoms with E-state index in [2.05, 4.69) is 0 Å². The van der Waals surface area contributed by atoms with E-state index in [0.717, 1.165) is 6.42 Å². The van der Waals surface area contributed by atoms with Gasteiger partial charge in [-0.25, -0.2) is 0 Å². The summed E-state index contributed by atoms with van der Waals surface area (Å²) < 4.78 is 0. The topological polar surface area (TPSA) is 43.1 Å². The van der Waals surface area contributed by atoms with Gasteiger partial charge in [-0.3, -0.25) is 4.79 Å². The molecule has 13 heavy (non-hydrogen) atoms. The molecule has 1 atom stereocenters. The maximum absolute atomic E-state index is 11.2. The molecule has 0 aliphatic rings. The number of benzene rings is 1. The number of carbonyl (C=O) groups is 1. The van der Waals surface area contributed by atoms with Gasteiger partial charge in [-0.15, -0.1) is 0 Å². The molecular weight excluding hydrogens is 162 g/mol. The predicted octanol–water partition coefficient (Wildman–Crippen LogP) is 1.39. The first-order chi connectivity index (χ1) is 6.24. The van der Waals surface area contributed by atoms with Crippen molar-refractivity contribution < 1.29 is 4.79 Å². The molecule has 2 N–H and O–H groups in total. The first-order valence-corrected chi connectivity index (χ1v) is 4.50. The maximum atomic E-state index is 11.2. The smallest absolute Gasteiger partial charge is 0.149 e. The van der Waals surface area contributed by atoms with E-state index >= 15 is 0 Å². The van der Waals surface area contributed by atoms with E-state index in [-0.39, 0.29) is 18.2 Å². The van der Waals surface area contributed by atoms with Crippen molar-refractivity contribution in [2.45, 2.75) is 13.3 Å². The van der Waals surface area contributed by atoms with Crippen molar-refractivity contribution in [3.05, 3.63) is 35.9 Å². The monoisotopic (exact) mass is 177 g/mol. The minimum Gasteiger partial charge on any atom is -0.324 e. The quantitative estimate of drug-likeness (QED) is 0.755. The lowest BCUT2D eigenvalue weighted by Gasteiger charge is -2.08. The largest absolute Gasteiger partial charge is 0.324 e. The average molecular weight is 177 g/mol. The Kier molecular flexibility index (Phi) is 3.65. The van der Waals surface area contributed by atoms with Crippen molar-refractivity contribution in [1.82, 2.24) is 0 Å². The highest BCUT2D eigenvalue weighted by Gasteiger charge is 2.10. The van der Waals surface area contributed by atoms with E-state index in [1.165, 1.54) is 5.56 Å². The van der Waals surface area contributed by atoms with Crippen molar-refractivity contribution in [2.24, 2.45) is 11.7 Å². The molecule has 1 rings (SSSR count). The second kappa shape index (κ2) is 4.77. The summed E-state index contributed by atoms with van der Waals surface area (Å²) in [6.45, 7) is 2.07. The predicted molar refractivity (Wildman–Crippen MR) is 53.4 cm³/mol. The van der Waals surface area contributed by atoms with Crippen molar-refractivity contribution in [1.29, 1.82) is 0 Å². The van der Waals surface area contributed by atoms with Crippen LogP contribution in [0.2, 0.25) is 0 Å². The molecule has 0 aromatic heterocycles. The first-order valence-electron chi connectivity index (χ1n) is 4.50. The number of hydrogen-bond acceptors (Lipinski definition) is 2. The number of Topliss-reactive ketones (excluding diaryl/α,β-unsaturated/α-hetero) is 1. The molecular formula is C11H15NO. The molecule has 1 unspecified atom stereocenters. The van der Waals surface area contributed by atoms with Gasteiger partial charge >= 0.3 is 0 Å². The van der Waals surface area contributed by atoms with E-state index < -0.39 is 0 Å². The SMILES string of the molecule is CC(Cc1ccccc1)C(=O)CN. The van der Waals surface area contributed by atoms with Crippen LogP contribution in [0, 0.1) is 5.92 Å². The Morgan fingerprint density at radius 1 is 1.38 bits per heavy atom. The summed E-state index contributed by atoms with van der Waals surface area (Å²) in [7, 11) is 0. The molecule has 2 nitrogen and oxygen atoms in total. The van der Waals surface area contributed by atoms with Gasteiger partial charge in [0.25, 0.3) is 0 Å². The van der Waals surface area contributed by atoms with Gasteiger partial charge < -0.3 is 5.73 Å². The van der Waals surface area contributed by atoms with Gasteiger partial charge in [0.2, 0.25) is 0 Å². The fourth-order valence-corrected chi connectivity index (χ4v) is 1.28. The summed E-state index contributed by atoms with van der Waals surface area (Å²) in [6.07, 6.45) is 0.789. The van der Waals surface area contributed by atoms with Crippen LogP contribution in [0.25, 0.3) is 0 Å². The number of carbonyl (C=O) groups excluding carboxylic acids is 1. The zero-order valence-electron chi connectivity index (χ0n) is 7.86. The summed E-state index contributed by atoms with van der Waals surface area (Å²) in [5.41, 5.74) is 6.47. The molecule has 1 aromatic rings. The minimum atomic E-state index is 0.0346. The third-order valence-corrected chi connectivity index (χ3v) is 2.14. The highest BCUT2D eigenvalue weighted by atomic mass is 16.1. The van der Waals surface area contributed by atoms with Gasteiger partial charge in [-0.05, 0) is 12.0 Å². The van der Waals surface area contributed by atoms with Crippen LogP contribution < -0.4 is 5.73 Å². The Balaban J connectivity index is 2.55. The van der Waals surface area contributed by atoms with Crippen molar-refractivity contribution in [2.75, 3.05) is 6.54 Å². The highest BCUT2D eigenvalue weighted by molar-refractivity contribution is 5.82. The number of hydrogen-bond donors (Lipinski definition) is 1. The molecule has 0 bridgehead atoms. The lowest BCUT2D eigenvalue weighted by molar-refractivity contribution is -0.120. The van der Waals surface area contributed by atoms with Crippen LogP contribution in [-0.4, -0.2) is 12.3 Å². The standard InChI is InChI=1S/C11H15NO/c1-9(11(13)8-12)7-10-5-3-2-4-6-10/h2-6,9H,7-8,12H2,1H3. The van der Waals surface area contributed by atoms with Gasteiger partial charge in [-0.2, -0.15) is 0 Å². The van der Waals surface area contributed by atoms with E-state index in [1.807, 2.05) is 37.3 Å². The molecule has 0 heterocycles. The molecule has 70 valence electrons. The Morgan fingerprint density at radius 2 is 2.00 bits per heavy atom. The molecule has 0 fully saturated rings. The molecule has 0 radical (unpaired) electrons. The van der Waals surface area contributed by atoms with Crippen LogP contribution in [0.5, 0.6) is 0 Å². The number of rotatable bonds is 4. The van der Waals surface area contributed by atoms with Gasteiger partial charge in [0, 0.05) is 5.92 Å². The lowest BCUT2D eigenvalue weighted by Crippen LogP contribution is -2.22. The summed E-state index contributed by atoms with van der Waals surface area (Å²) in [6, 6.07) is 9.99. The van der Waals surface area contributed by atoms with Gasteiger partial charge in [-0.1, -0.05) is 37.3 Å². The van der Waals surface area contributed by atoms with Gasteiger partial charge in [0.15, 0.2) is 0 Å². The van der Waals surface area contributed by atoms with Crippen LogP contribution in [-0.2, 0) is 11.2 Å². The molecule has 0 amide bonds. The van der Waals surface area contributed by atoms with Gasteiger partial charge in [0.05, 0.1) is 6.54 Å². The summed E-state index contributed by atoms with van der Waals surface area (Å²) in [5.74, 6) is 0.163. The average Bonchev–Trinajstić information content (AvgIpc) is 2.18. The van der Waals surface area contributed by atoms with Crippen LogP contribution in [0.3, 0.4) is 0 Å². The summed E-state index contributed by atoms with van der Waals surface area (Å²) in [5, 5.41) is 0. The zero-order valence-corrected chi connectivity index (χ0v) is 7.86. The van der Waals surface area contributed by atoms with Crippen molar-refractivity contribution in [3.8, 4) is 0 Å². The molecule has 0 spiro atoms. The molecule has 0 saturated carbocycles. The second-order valence-electron chi connectivity index (χ2n) is 3.26. The zero-order chi connectivity index (χ0) is 9.68. The van der Waals surface area contributed by atoms with Gasteiger partial charge in [0.1, 0.15) is 5.78 Å². The van der Waals surface area contributed by atoms with Crippen LogP contribution in [0.1, 0.15) is 12.5 Å².